The Morgan fingerprint density at radius 2 is 1.64 bits per heavy atom. The third-order valence-electron chi connectivity index (χ3n) is 5.13. The Labute approximate surface area is 191 Å². The first-order valence-corrected chi connectivity index (χ1v) is 10.3. The molecule has 1 saturated heterocycles. The number of imide groups is 2. The maximum Gasteiger partial charge on any atom is 0.335 e. The van der Waals surface area contributed by atoms with Crippen molar-refractivity contribution in [2.45, 2.75) is 13.5 Å². The summed E-state index contributed by atoms with van der Waals surface area (Å²) in [5.41, 5.74) is 2.77. The SMILES string of the molecule is COc1cc(/C=C2/C(=O)NC(=O)N(c3ccc(C)cc3)C2=O)ccc1OCc1ccccc1. The first-order chi connectivity index (χ1) is 16.0. The number of aryl methyl sites for hydroxylation is 1. The Balaban J connectivity index is 1.60. The highest BCUT2D eigenvalue weighted by atomic mass is 16.5. The van der Waals surface area contributed by atoms with E-state index < -0.39 is 17.8 Å². The second kappa shape index (κ2) is 9.40. The molecular formula is C26H22N2O5. The summed E-state index contributed by atoms with van der Waals surface area (Å²) in [5.74, 6) is -0.470. The van der Waals surface area contributed by atoms with Gasteiger partial charge in [-0.25, -0.2) is 9.69 Å². The Kier molecular flexibility index (Phi) is 6.22. The van der Waals surface area contributed by atoms with Gasteiger partial charge in [-0.1, -0.05) is 54.1 Å². The monoisotopic (exact) mass is 442 g/mol. The van der Waals surface area contributed by atoms with Crippen molar-refractivity contribution in [3.63, 3.8) is 0 Å². The van der Waals surface area contributed by atoms with E-state index in [9.17, 15) is 14.4 Å². The number of urea groups is 1. The normalized spacial score (nSPS) is 14.9. The van der Waals surface area contributed by atoms with Crippen LogP contribution in [0.4, 0.5) is 10.5 Å². The molecule has 166 valence electrons. The molecule has 4 amide bonds. The van der Waals surface area contributed by atoms with Crippen LogP contribution in [0.5, 0.6) is 11.5 Å². The van der Waals surface area contributed by atoms with E-state index >= 15 is 0 Å². The number of barbiturate groups is 1. The fourth-order valence-corrected chi connectivity index (χ4v) is 3.38. The first kappa shape index (κ1) is 21.8. The van der Waals surface area contributed by atoms with Gasteiger partial charge < -0.3 is 9.47 Å². The van der Waals surface area contributed by atoms with Gasteiger partial charge in [0.05, 0.1) is 12.8 Å². The fraction of sp³-hybridized carbons (Fsp3) is 0.115. The molecule has 1 fully saturated rings. The Hall–Kier alpha value is -4.39. The molecule has 0 spiro atoms. The lowest BCUT2D eigenvalue weighted by molar-refractivity contribution is -0.122. The summed E-state index contributed by atoms with van der Waals surface area (Å²) in [4.78, 5) is 38.8. The number of carbonyl (C=O) groups is 3. The van der Waals surface area contributed by atoms with Crippen LogP contribution >= 0.6 is 0 Å². The zero-order chi connectivity index (χ0) is 23.4. The molecule has 7 heteroatoms. The average molecular weight is 442 g/mol. The lowest BCUT2D eigenvalue weighted by atomic mass is 10.1. The lowest BCUT2D eigenvalue weighted by Crippen LogP contribution is -2.54. The zero-order valence-corrected chi connectivity index (χ0v) is 18.2. The summed E-state index contributed by atoms with van der Waals surface area (Å²) in [6, 6.07) is 20.9. The highest BCUT2D eigenvalue weighted by molar-refractivity contribution is 6.39. The Morgan fingerprint density at radius 3 is 2.33 bits per heavy atom. The van der Waals surface area contributed by atoms with Crippen LogP contribution in [-0.2, 0) is 16.2 Å². The first-order valence-electron chi connectivity index (χ1n) is 10.3. The number of carbonyl (C=O) groups excluding carboxylic acids is 3. The third-order valence-corrected chi connectivity index (χ3v) is 5.13. The molecule has 33 heavy (non-hydrogen) atoms. The van der Waals surface area contributed by atoms with Crippen LogP contribution in [-0.4, -0.2) is 25.0 Å². The van der Waals surface area contributed by atoms with Crippen molar-refractivity contribution < 1.29 is 23.9 Å². The summed E-state index contributed by atoms with van der Waals surface area (Å²) < 4.78 is 11.3. The lowest BCUT2D eigenvalue weighted by Gasteiger charge is -2.26. The molecule has 3 aromatic carbocycles. The van der Waals surface area contributed by atoms with Crippen LogP contribution in [0.25, 0.3) is 6.08 Å². The largest absolute Gasteiger partial charge is 0.493 e. The minimum absolute atomic E-state index is 0.157. The van der Waals surface area contributed by atoms with E-state index in [2.05, 4.69) is 5.32 Å². The van der Waals surface area contributed by atoms with Crippen molar-refractivity contribution in [3.05, 3.63) is 95.1 Å². The highest BCUT2D eigenvalue weighted by Gasteiger charge is 2.36. The molecule has 0 unspecified atom stereocenters. The van der Waals surface area contributed by atoms with Crippen LogP contribution < -0.4 is 19.7 Å². The molecule has 3 aromatic rings. The summed E-state index contributed by atoms with van der Waals surface area (Å²) in [7, 11) is 1.51. The van der Waals surface area contributed by atoms with Gasteiger partial charge in [-0.2, -0.15) is 0 Å². The molecular weight excluding hydrogens is 420 g/mol. The van der Waals surface area contributed by atoms with Crippen LogP contribution in [0.1, 0.15) is 16.7 Å². The Bertz CT molecular complexity index is 1230. The summed E-state index contributed by atoms with van der Waals surface area (Å²) in [6.45, 7) is 2.27. The molecule has 7 nitrogen and oxygen atoms in total. The maximum absolute atomic E-state index is 13.0. The highest BCUT2D eigenvalue weighted by Crippen LogP contribution is 2.30. The van der Waals surface area contributed by atoms with E-state index in [1.165, 1.54) is 13.2 Å². The van der Waals surface area contributed by atoms with Crippen molar-refractivity contribution in [2.24, 2.45) is 0 Å². The average Bonchev–Trinajstić information content (AvgIpc) is 2.82. The van der Waals surface area contributed by atoms with Crippen molar-refractivity contribution in [3.8, 4) is 11.5 Å². The molecule has 0 aromatic heterocycles. The topological polar surface area (TPSA) is 84.9 Å². The predicted octanol–water partition coefficient (Wildman–Crippen LogP) is 4.25. The molecule has 0 aliphatic carbocycles. The van der Waals surface area contributed by atoms with E-state index in [1.807, 2.05) is 37.3 Å². The number of rotatable bonds is 6. The van der Waals surface area contributed by atoms with Gasteiger partial charge in [0.15, 0.2) is 11.5 Å². The second-order valence-corrected chi connectivity index (χ2v) is 7.48. The molecule has 1 N–H and O–H groups in total. The molecule has 4 rings (SSSR count). The predicted molar refractivity (Wildman–Crippen MR) is 124 cm³/mol. The van der Waals surface area contributed by atoms with Crippen LogP contribution in [0.2, 0.25) is 0 Å². The van der Waals surface area contributed by atoms with Gasteiger partial charge in [-0.05, 0) is 48.4 Å². The molecule has 0 atom stereocenters. The van der Waals surface area contributed by atoms with Crippen molar-refractivity contribution in [1.82, 2.24) is 5.32 Å². The van der Waals surface area contributed by atoms with Crippen molar-refractivity contribution in [1.29, 1.82) is 0 Å². The molecule has 0 bridgehead atoms. The van der Waals surface area contributed by atoms with Gasteiger partial charge in [-0.3, -0.25) is 14.9 Å². The standard InChI is InChI=1S/C26H22N2O5/c1-17-8-11-20(12-9-17)28-25(30)21(24(29)27-26(28)31)14-19-10-13-22(23(15-19)32-2)33-16-18-6-4-3-5-7-18/h3-15H,16H2,1-2H3,(H,27,29,31)/b21-14-. The van der Waals surface area contributed by atoms with Gasteiger partial charge in [0.2, 0.25) is 0 Å². The van der Waals surface area contributed by atoms with E-state index in [-0.39, 0.29) is 5.57 Å². The van der Waals surface area contributed by atoms with E-state index in [0.717, 1.165) is 16.0 Å². The number of amides is 4. The number of nitrogens with zero attached hydrogens (tertiary/aromatic N) is 1. The number of hydrogen-bond donors (Lipinski definition) is 1. The summed E-state index contributed by atoms with van der Waals surface area (Å²) in [5, 5.41) is 2.22. The van der Waals surface area contributed by atoms with Gasteiger partial charge in [0.1, 0.15) is 12.2 Å². The van der Waals surface area contributed by atoms with Gasteiger partial charge in [-0.15, -0.1) is 0 Å². The Morgan fingerprint density at radius 1 is 0.909 bits per heavy atom. The number of hydrogen-bond acceptors (Lipinski definition) is 5. The number of anilines is 1. The zero-order valence-electron chi connectivity index (χ0n) is 18.2. The molecule has 0 radical (unpaired) electrons. The minimum Gasteiger partial charge on any atom is -0.493 e. The van der Waals surface area contributed by atoms with Crippen LogP contribution in [0.3, 0.4) is 0 Å². The number of ether oxygens (including phenoxy) is 2. The second-order valence-electron chi connectivity index (χ2n) is 7.48. The molecule has 1 heterocycles. The summed E-state index contributed by atoms with van der Waals surface area (Å²) >= 11 is 0. The number of nitrogens with one attached hydrogen (secondary N) is 1. The fourth-order valence-electron chi connectivity index (χ4n) is 3.38. The van der Waals surface area contributed by atoms with E-state index in [4.69, 9.17) is 9.47 Å². The molecule has 1 aliphatic heterocycles. The van der Waals surface area contributed by atoms with E-state index in [0.29, 0.717) is 29.4 Å². The van der Waals surface area contributed by atoms with Crippen LogP contribution in [0.15, 0.2) is 78.4 Å². The quantitative estimate of drug-likeness (QED) is 0.456. The van der Waals surface area contributed by atoms with Crippen molar-refractivity contribution in [2.75, 3.05) is 12.0 Å². The van der Waals surface area contributed by atoms with Gasteiger partial charge in [0, 0.05) is 0 Å². The summed E-state index contributed by atoms with van der Waals surface area (Å²) in [6.07, 6.45) is 1.43. The van der Waals surface area contributed by atoms with Gasteiger partial charge >= 0.3 is 6.03 Å². The number of methoxy groups -OCH3 is 1. The van der Waals surface area contributed by atoms with Crippen LogP contribution in [0, 0.1) is 6.92 Å². The number of benzene rings is 3. The minimum atomic E-state index is -0.784. The molecule has 0 saturated carbocycles. The van der Waals surface area contributed by atoms with Gasteiger partial charge in [0.25, 0.3) is 11.8 Å². The van der Waals surface area contributed by atoms with E-state index in [1.54, 1.807) is 42.5 Å². The smallest absolute Gasteiger partial charge is 0.335 e. The molecule has 1 aliphatic rings. The maximum atomic E-state index is 13.0. The van der Waals surface area contributed by atoms with Crippen molar-refractivity contribution >= 4 is 29.6 Å². The third kappa shape index (κ3) is 4.77.